The number of amides is 1. The third kappa shape index (κ3) is 0.759. The summed E-state index contributed by atoms with van der Waals surface area (Å²) >= 11 is 0. The van der Waals surface area contributed by atoms with Crippen LogP contribution in [-0.4, -0.2) is 41.4 Å². The van der Waals surface area contributed by atoms with Crippen LogP contribution in [0.1, 0.15) is 6.42 Å². The number of morpholine rings is 1. The molecule has 0 aromatic rings. The van der Waals surface area contributed by atoms with Crippen molar-refractivity contribution in [2.45, 2.75) is 18.6 Å². The molecule has 0 aliphatic carbocycles. The molecular weight excluding hydrogens is 134 g/mol. The Morgan fingerprint density at radius 1 is 1.50 bits per heavy atom. The maximum atomic E-state index is 10.4. The lowest BCUT2D eigenvalue weighted by Gasteiger charge is -2.45. The summed E-state index contributed by atoms with van der Waals surface area (Å²) in [4.78, 5) is 11.8. The van der Waals surface area contributed by atoms with E-state index in [0.717, 1.165) is 6.42 Å². The van der Waals surface area contributed by atoms with Crippen molar-refractivity contribution in [2.24, 2.45) is 0 Å². The van der Waals surface area contributed by atoms with Crippen molar-refractivity contribution in [3.63, 3.8) is 0 Å². The second-order valence-corrected chi connectivity index (χ2v) is 2.80. The third-order valence-corrected chi connectivity index (χ3v) is 2.03. The molecule has 0 spiro atoms. The van der Waals surface area contributed by atoms with Gasteiger partial charge in [0.25, 0.3) is 0 Å². The molecule has 0 radical (unpaired) electrons. The zero-order chi connectivity index (χ0) is 7.14. The second kappa shape index (κ2) is 1.85. The Morgan fingerprint density at radius 3 is 2.30 bits per heavy atom. The van der Waals surface area contributed by atoms with E-state index in [-0.39, 0.29) is 12.2 Å². The van der Waals surface area contributed by atoms with Gasteiger partial charge in [0.1, 0.15) is 0 Å². The van der Waals surface area contributed by atoms with E-state index in [1.165, 1.54) is 4.90 Å². The van der Waals surface area contributed by atoms with Gasteiger partial charge in [-0.1, -0.05) is 0 Å². The Labute approximate surface area is 58.4 Å². The highest BCUT2D eigenvalue weighted by atomic mass is 16.5. The number of hydrogen-bond acceptors (Lipinski definition) is 2. The van der Waals surface area contributed by atoms with Crippen LogP contribution < -0.4 is 0 Å². The number of fused-ring (bicyclic) bond motifs is 2. The average molecular weight is 143 g/mol. The summed E-state index contributed by atoms with van der Waals surface area (Å²) in [6.07, 6.45) is 0.603. The number of hydrogen-bond donors (Lipinski definition) is 1. The Morgan fingerprint density at radius 2 is 2.00 bits per heavy atom. The lowest BCUT2D eigenvalue weighted by atomic mass is 9.99. The van der Waals surface area contributed by atoms with Gasteiger partial charge in [0.05, 0.1) is 25.3 Å². The lowest BCUT2D eigenvalue weighted by Crippen LogP contribution is -2.58. The van der Waals surface area contributed by atoms with Gasteiger partial charge in [0, 0.05) is 6.42 Å². The quantitative estimate of drug-likeness (QED) is 0.524. The molecule has 3 fully saturated rings. The predicted octanol–water partition coefficient (Wildman–Crippen LogP) is 0.138. The molecule has 0 aromatic carbocycles. The van der Waals surface area contributed by atoms with Gasteiger partial charge >= 0.3 is 6.09 Å². The van der Waals surface area contributed by atoms with Gasteiger partial charge in [-0.3, -0.25) is 0 Å². The number of piperidine rings is 1. The summed E-state index contributed by atoms with van der Waals surface area (Å²) in [6, 6.07) is 0. The Balaban J connectivity index is 1.97. The summed E-state index contributed by atoms with van der Waals surface area (Å²) in [6.45, 7) is 1.12. The predicted molar refractivity (Wildman–Crippen MR) is 32.9 cm³/mol. The van der Waals surface area contributed by atoms with E-state index in [0.29, 0.717) is 13.1 Å². The normalized spacial score (nSPS) is 37.0. The molecule has 2 bridgehead atoms. The first-order valence-corrected chi connectivity index (χ1v) is 3.39. The maximum Gasteiger partial charge on any atom is 0.407 e. The molecule has 10 heavy (non-hydrogen) atoms. The van der Waals surface area contributed by atoms with Gasteiger partial charge < -0.3 is 14.7 Å². The first kappa shape index (κ1) is 5.97. The molecule has 3 aliphatic rings. The molecule has 4 heteroatoms. The van der Waals surface area contributed by atoms with Gasteiger partial charge in [-0.15, -0.1) is 0 Å². The fourth-order valence-electron chi connectivity index (χ4n) is 1.51. The second-order valence-electron chi connectivity index (χ2n) is 2.80. The standard InChI is InChI=1S/C6H9NO3/c8-6(9)7-2-4-1-5(3-7)10-4/h4-5H,1-3H2,(H,8,9). The minimum atomic E-state index is -0.821. The van der Waals surface area contributed by atoms with Crippen molar-refractivity contribution in [1.29, 1.82) is 0 Å². The van der Waals surface area contributed by atoms with E-state index in [4.69, 9.17) is 9.84 Å². The van der Waals surface area contributed by atoms with Crippen molar-refractivity contribution in [2.75, 3.05) is 13.1 Å². The highest BCUT2D eigenvalue weighted by Gasteiger charge is 2.39. The molecule has 3 saturated heterocycles. The smallest absolute Gasteiger partial charge is 0.407 e. The minimum absolute atomic E-state index is 0.190. The molecule has 56 valence electrons. The zero-order valence-corrected chi connectivity index (χ0v) is 5.49. The Bertz CT molecular complexity index is 154. The summed E-state index contributed by atoms with van der Waals surface area (Å²) in [5, 5.41) is 8.55. The molecule has 0 aromatic heterocycles. The summed E-state index contributed by atoms with van der Waals surface area (Å²) < 4.78 is 5.25. The minimum Gasteiger partial charge on any atom is -0.465 e. The summed E-state index contributed by atoms with van der Waals surface area (Å²) in [5.74, 6) is 0. The molecular formula is C6H9NO3. The van der Waals surface area contributed by atoms with Crippen LogP contribution in [0.15, 0.2) is 0 Å². The van der Waals surface area contributed by atoms with Crippen LogP contribution >= 0.6 is 0 Å². The SMILES string of the molecule is O=C(O)N1CC2CC(C1)O2. The number of nitrogens with zero attached hydrogens (tertiary/aromatic N) is 1. The van der Waals surface area contributed by atoms with E-state index in [2.05, 4.69) is 0 Å². The van der Waals surface area contributed by atoms with Crippen molar-refractivity contribution in [3.8, 4) is 0 Å². The molecule has 3 rings (SSSR count). The van der Waals surface area contributed by atoms with Crippen molar-refractivity contribution >= 4 is 6.09 Å². The first-order valence-electron chi connectivity index (χ1n) is 3.39. The monoisotopic (exact) mass is 143 g/mol. The van der Waals surface area contributed by atoms with Crippen molar-refractivity contribution in [1.82, 2.24) is 4.90 Å². The Hall–Kier alpha value is -0.770. The van der Waals surface area contributed by atoms with Crippen LogP contribution in [0.25, 0.3) is 0 Å². The van der Waals surface area contributed by atoms with E-state index < -0.39 is 6.09 Å². The van der Waals surface area contributed by atoms with E-state index in [9.17, 15) is 4.79 Å². The lowest BCUT2D eigenvalue weighted by molar-refractivity contribution is -0.173. The van der Waals surface area contributed by atoms with Gasteiger partial charge in [0.15, 0.2) is 0 Å². The topological polar surface area (TPSA) is 49.8 Å². The van der Waals surface area contributed by atoms with Gasteiger partial charge in [-0.2, -0.15) is 0 Å². The number of ether oxygens (including phenoxy) is 1. The molecule has 2 unspecified atom stereocenters. The van der Waals surface area contributed by atoms with Crippen LogP contribution in [0.5, 0.6) is 0 Å². The summed E-state index contributed by atoms with van der Waals surface area (Å²) in [7, 11) is 0. The molecule has 3 aliphatic heterocycles. The fraction of sp³-hybridized carbons (Fsp3) is 0.833. The van der Waals surface area contributed by atoms with Crippen LogP contribution in [0.3, 0.4) is 0 Å². The third-order valence-electron chi connectivity index (χ3n) is 2.03. The van der Waals surface area contributed by atoms with E-state index in [1.807, 2.05) is 0 Å². The zero-order valence-electron chi connectivity index (χ0n) is 5.49. The molecule has 1 amide bonds. The van der Waals surface area contributed by atoms with E-state index >= 15 is 0 Å². The molecule has 4 nitrogen and oxygen atoms in total. The highest BCUT2D eigenvalue weighted by Crippen LogP contribution is 2.27. The van der Waals surface area contributed by atoms with Gasteiger partial charge in [-0.05, 0) is 0 Å². The highest BCUT2D eigenvalue weighted by molar-refractivity contribution is 5.65. The van der Waals surface area contributed by atoms with Crippen molar-refractivity contribution < 1.29 is 14.6 Å². The molecule has 0 saturated carbocycles. The largest absolute Gasteiger partial charge is 0.465 e. The maximum absolute atomic E-state index is 10.4. The van der Waals surface area contributed by atoms with Crippen LogP contribution in [0, 0.1) is 0 Å². The van der Waals surface area contributed by atoms with Crippen LogP contribution in [-0.2, 0) is 4.74 Å². The van der Waals surface area contributed by atoms with Gasteiger partial charge in [-0.25, -0.2) is 4.79 Å². The summed E-state index contributed by atoms with van der Waals surface area (Å²) in [5.41, 5.74) is 0. The molecule has 3 heterocycles. The van der Waals surface area contributed by atoms with Crippen LogP contribution in [0.2, 0.25) is 0 Å². The fourth-order valence-corrected chi connectivity index (χ4v) is 1.51. The number of carbonyl (C=O) groups is 1. The molecule has 1 N–H and O–H groups in total. The number of rotatable bonds is 0. The van der Waals surface area contributed by atoms with E-state index in [1.54, 1.807) is 0 Å². The van der Waals surface area contributed by atoms with Crippen molar-refractivity contribution in [3.05, 3.63) is 0 Å². The molecule has 2 atom stereocenters. The van der Waals surface area contributed by atoms with Gasteiger partial charge in [0.2, 0.25) is 0 Å². The first-order chi connectivity index (χ1) is 4.75. The number of carboxylic acid groups (broad SMARTS) is 1. The van der Waals surface area contributed by atoms with Crippen LogP contribution in [0.4, 0.5) is 4.79 Å². The average Bonchev–Trinajstić information content (AvgIpc) is 1.86. The Kier molecular flexibility index (Phi) is 1.11.